The minimum Gasteiger partial charge on any atom is -0.444 e. The molecule has 5 aliphatic rings. The van der Waals surface area contributed by atoms with Gasteiger partial charge in [0.2, 0.25) is 11.8 Å². The zero-order chi connectivity index (χ0) is 39.7. The van der Waals surface area contributed by atoms with Crippen molar-refractivity contribution in [3.05, 3.63) is 66.3 Å². The van der Waals surface area contributed by atoms with Gasteiger partial charge in [-0.2, -0.15) is 0 Å². The van der Waals surface area contributed by atoms with E-state index in [0.29, 0.717) is 25.7 Å². The van der Waals surface area contributed by atoms with E-state index in [2.05, 4.69) is 10.6 Å². The number of hydrogen-bond acceptors (Lipinski definition) is 9. The molecule has 3 heterocycles. The summed E-state index contributed by atoms with van der Waals surface area (Å²) in [4.78, 5) is 71.0. The van der Waals surface area contributed by atoms with Gasteiger partial charge in [-0.3, -0.25) is 14.4 Å². The predicted octanol–water partition coefficient (Wildman–Crippen LogP) is 4.00. The van der Waals surface area contributed by atoms with Crippen LogP contribution in [0.3, 0.4) is 0 Å². The van der Waals surface area contributed by atoms with Crippen molar-refractivity contribution >= 4 is 39.9 Å². The zero-order valence-corrected chi connectivity index (χ0v) is 31.8. The van der Waals surface area contributed by atoms with Crippen LogP contribution in [0, 0.1) is 23.6 Å². The Bertz CT molecular complexity index is 1900. The van der Waals surface area contributed by atoms with Gasteiger partial charge in [0.1, 0.15) is 41.0 Å². The molecule has 1 aromatic carbocycles. The van der Waals surface area contributed by atoms with Crippen LogP contribution in [0.1, 0.15) is 65.7 Å². The van der Waals surface area contributed by atoms with Crippen molar-refractivity contribution in [3.8, 4) is 0 Å². The fourth-order valence-electron chi connectivity index (χ4n) is 7.60. The van der Waals surface area contributed by atoms with Gasteiger partial charge in [0.15, 0.2) is 0 Å². The second-order valence-corrected chi connectivity index (χ2v) is 17.5. The summed E-state index contributed by atoms with van der Waals surface area (Å²) < 4.78 is 67.7. The molecule has 2 unspecified atom stereocenters. The Morgan fingerprint density at radius 2 is 1.75 bits per heavy atom. The maximum absolute atomic E-state index is 14.5. The molecule has 55 heavy (non-hydrogen) atoms. The topological polar surface area (TPSA) is 181 Å². The van der Waals surface area contributed by atoms with E-state index in [1.165, 1.54) is 15.9 Å². The zero-order valence-electron chi connectivity index (χ0n) is 31.0. The fourth-order valence-corrected chi connectivity index (χ4v) is 8.64. The molecule has 1 saturated carbocycles. The highest BCUT2D eigenvalue weighted by molar-refractivity contribution is 7.90. The monoisotopic (exact) mass is 787 g/mol. The Hall–Kier alpha value is -4.80. The second kappa shape index (κ2) is 15.7. The number of halogens is 2. The molecule has 0 spiro atoms. The van der Waals surface area contributed by atoms with Crippen molar-refractivity contribution in [2.24, 2.45) is 17.8 Å². The first-order valence-electron chi connectivity index (χ1n) is 18.6. The van der Waals surface area contributed by atoms with Crippen molar-refractivity contribution in [2.45, 2.75) is 99.9 Å². The van der Waals surface area contributed by atoms with Crippen molar-refractivity contribution in [1.82, 2.24) is 25.2 Å². The highest BCUT2D eigenvalue weighted by Crippen LogP contribution is 2.46. The smallest absolute Gasteiger partial charge is 0.410 e. The molecule has 6 rings (SSSR count). The number of sulfonamides is 1. The lowest BCUT2D eigenvalue weighted by Gasteiger charge is -2.30. The van der Waals surface area contributed by atoms with Crippen LogP contribution in [0.2, 0.25) is 0 Å². The average molecular weight is 788 g/mol. The Labute approximate surface area is 318 Å². The third-order valence-corrected chi connectivity index (χ3v) is 11.9. The number of rotatable bonds is 5. The van der Waals surface area contributed by atoms with Crippen LogP contribution in [-0.4, -0.2) is 97.1 Å². The van der Waals surface area contributed by atoms with Crippen LogP contribution in [0.15, 0.2) is 65.4 Å². The molecule has 0 bridgehead atoms. The first-order chi connectivity index (χ1) is 26.0. The Balaban J connectivity index is 1.26. The van der Waals surface area contributed by atoms with E-state index >= 15 is 0 Å². The molecule has 2 saturated heterocycles. The largest absolute Gasteiger partial charge is 0.444 e. The number of nitrogens with one attached hydrogen (secondary N) is 3. The van der Waals surface area contributed by atoms with Gasteiger partial charge in [-0.15, -0.1) is 0 Å². The van der Waals surface area contributed by atoms with Gasteiger partial charge >= 0.3 is 12.2 Å². The molecule has 5 amide bonds. The summed E-state index contributed by atoms with van der Waals surface area (Å²) in [7, 11) is -4.47. The molecular formula is C38H47F2N5O9S. The van der Waals surface area contributed by atoms with Gasteiger partial charge in [-0.1, -0.05) is 37.1 Å². The Morgan fingerprint density at radius 3 is 2.45 bits per heavy atom. The number of alkyl carbamates (subject to hydrolysis) is 1. The summed E-state index contributed by atoms with van der Waals surface area (Å²) in [5, 5.41) is 5.38. The van der Waals surface area contributed by atoms with E-state index in [9.17, 15) is 41.2 Å². The molecular weight excluding hydrogens is 741 g/mol. The third kappa shape index (κ3) is 9.19. The summed E-state index contributed by atoms with van der Waals surface area (Å²) in [6, 6.07) is 1.48. The van der Waals surface area contributed by atoms with Gasteiger partial charge in [-0.05, 0) is 76.8 Å². The maximum Gasteiger partial charge on any atom is 0.410 e. The SMILES string of the molecule is CC(C)(C)OC(=O)N[C@H]1CCCCC/C=C\[C@@H]2C[C@@]2(C(=O)NS(=O)(=O)c2ccc(F)cc2)NC(=O)[C@@H]2C[C@@H](OC(=O)N3CC4C=CC=C(F)C4C3)CN2C1=O. The van der Waals surface area contributed by atoms with Crippen molar-refractivity contribution in [2.75, 3.05) is 19.6 Å². The molecule has 17 heteroatoms. The Morgan fingerprint density at radius 1 is 1.00 bits per heavy atom. The van der Waals surface area contributed by atoms with Gasteiger partial charge in [0.05, 0.1) is 11.4 Å². The van der Waals surface area contributed by atoms with Crippen molar-refractivity contribution in [1.29, 1.82) is 0 Å². The van der Waals surface area contributed by atoms with Crippen LogP contribution in [0.25, 0.3) is 0 Å². The number of hydrogen-bond donors (Lipinski definition) is 3. The van der Waals surface area contributed by atoms with Gasteiger partial charge in [0.25, 0.3) is 15.9 Å². The van der Waals surface area contributed by atoms with E-state index in [1.807, 2.05) is 16.9 Å². The van der Waals surface area contributed by atoms with Crippen LogP contribution in [0.5, 0.6) is 0 Å². The number of carbonyl (C=O) groups is 5. The first kappa shape index (κ1) is 39.9. The molecule has 0 radical (unpaired) electrons. The van der Waals surface area contributed by atoms with E-state index in [-0.39, 0.29) is 55.5 Å². The highest BCUT2D eigenvalue weighted by Gasteiger charge is 2.62. The van der Waals surface area contributed by atoms with Gasteiger partial charge in [-0.25, -0.2) is 31.5 Å². The number of ether oxygens (including phenoxy) is 2. The number of fused-ring (bicyclic) bond motifs is 3. The molecule has 3 aliphatic heterocycles. The predicted molar refractivity (Wildman–Crippen MR) is 193 cm³/mol. The second-order valence-electron chi connectivity index (χ2n) is 15.8. The minimum absolute atomic E-state index is 0.0542. The average Bonchev–Trinajstić information content (AvgIpc) is 3.40. The van der Waals surface area contributed by atoms with Gasteiger partial charge < -0.3 is 29.9 Å². The number of amides is 5. The number of allylic oxidation sites excluding steroid dienone is 3. The standard InChI is InChI=1S/C38H47F2N5O9S/c1-37(2,3)54-35(49)41-30-13-8-6-4-5-7-11-24-19-38(24,34(48)43-55(51,52)27-16-14-25(39)15-17-27)42-32(46)31-18-26(21-45(31)33(30)47)53-36(50)44-20-23-10-9-12-29(40)28(23)22-44/h7,9-12,14-17,23-24,26,28,30-31H,4-6,8,13,18-22H2,1-3H3,(H,41,49)(H,42,46)(H,43,48)/b11-7-/t23?,24-,26-,28?,30+,31+,38-/m1/s1. The number of likely N-dealkylation sites (tertiary alicyclic amines) is 1. The van der Waals surface area contributed by atoms with E-state index in [4.69, 9.17) is 9.47 Å². The van der Waals surface area contributed by atoms with Crippen molar-refractivity contribution in [3.63, 3.8) is 0 Å². The van der Waals surface area contributed by atoms with Crippen LogP contribution in [0.4, 0.5) is 18.4 Å². The summed E-state index contributed by atoms with van der Waals surface area (Å²) in [6.45, 7) is 5.11. The number of benzene rings is 1. The normalized spacial score (nSPS) is 30.3. The van der Waals surface area contributed by atoms with Crippen LogP contribution < -0.4 is 15.4 Å². The minimum atomic E-state index is -4.47. The number of carbonyl (C=O) groups excluding carboxylic acids is 5. The highest BCUT2D eigenvalue weighted by atomic mass is 32.2. The van der Waals surface area contributed by atoms with Gasteiger partial charge in [0, 0.05) is 37.3 Å². The molecule has 3 N–H and O–H groups in total. The lowest BCUT2D eigenvalue weighted by molar-refractivity contribution is -0.141. The van der Waals surface area contributed by atoms with Crippen LogP contribution in [-0.2, 0) is 33.9 Å². The van der Waals surface area contributed by atoms with E-state index in [0.717, 1.165) is 24.3 Å². The molecule has 7 atom stereocenters. The molecule has 1 aromatic rings. The first-order valence-corrected chi connectivity index (χ1v) is 20.0. The maximum atomic E-state index is 14.5. The van der Waals surface area contributed by atoms with E-state index in [1.54, 1.807) is 32.9 Å². The summed E-state index contributed by atoms with van der Waals surface area (Å²) >= 11 is 0. The molecule has 3 fully saturated rings. The molecule has 298 valence electrons. The van der Waals surface area contributed by atoms with Crippen LogP contribution >= 0.6 is 0 Å². The summed E-state index contributed by atoms with van der Waals surface area (Å²) in [5.41, 5.74) is -2.58. The third-order valence-electron chi connectivity index (χ3n) is 10.5. The fraction of sp³-hybridized carbons (Fsp3) is 0.553. The lowest BCUT2D eigenvalue weighted by Crippen LogP contribution is -2.58. The summed E-state index contributed by atoms with van der Waals surface area (Å²) in [5.74, 6) is -4.77. The van der Waals surface area contributed by atoms with Crippen molar-refractivity contribution < 1.29 is 50.6 Å². The summed E-state index contributed by atoms with van der Waals surface area (Å²) in [6.07, 6.45) is 8.44. The van der Waals surface area contributed by atoms with E-state index < -0.39 is 86.9 Å². The molecule has 14 nitrogen and oxygen atoms in total. The number of nitrogens with zero attached hydrogens (tertiary/aromatic N) is 2. The quantitative estimate of drug-likeness (QED) is 0.372. The lowest BCUT2D eigenvalue weighted by atomic mass is 9.91. The Kier molecular flexibility index (Phi) is 11.4. The molecule has 2 aliphatic carbocycles. The molecule has 0 aromatic heterocycles.